The molecule has 0 aromatic heterocycles. The van der Waals surface area contributed by atoms with E-state index >= 15 is 0 Å². The van der Waals surface area contributed by atoms with Crippen LogP contribution in [0.4, 0.5) is 5.69 Å². The molecule has 0 aliphatic carbocycles. The van der Waals surface area contributed by atoms with Crippen molar-refractivity contribution >= 4 is 17.4 Å². The van der Waals surface area contributed by atoms with Gasteiger partial charge >= 0.3 is 0 Å². The van der Waals surface area contributed by atoms with Crippen LogP contribution in [0.15, 0.2) is 29.3 Å². The minimum Gasteiger partial charge on any atom is -0.368 e. The third-order valence-electron chi connectivity index (χ3n) is 3.74. The summed E-state index contributed by atoms with van der Waals surface area (Å²) >= 11 is 0. The molecule has 1 aromatic rings. The van der Waals surface area contributed by atoms with Gasteiger partial charge in [-0.15, -0.1) is 0 Å². The number of carbonyl (C=O) groups excluding carboxylic acids is 1. The molecule has 0 saturated carbocycles. The van der Waals surface area contributed by atoms with Crippen LogP contribution in [0.5, 0.6) is 0 Å². The Bertz CT molecular complexity index is 540. The van der Waals surface area contributed by atoms with E-state index in [4.69, 9.17) is 0 Å². The first-order valence-corrected chi connectivity index (χ1v) is 7.15. The molecule has 20 heavy (non-hydrogen) atoms. The average molecular weight is 272 g/mol. The van der Waals surface area contributed by atoms with Gasteiger partial charge in [0, 0.05) is 17.8 Å². The predicted molar refractivity (Wildman–Crippen MR) is 80.1 cm³/mol. The van der Waals surface area contributed by atoms with Gasteiger partial charge in [0.05, 0.1) is 12.6 Å². The van der Waals surface area contributed by atoms with Gasteiger partial charge in [-0.25, -0.2) is 0 Å². The fourth-order valence-electron chi connectivity index (χ4n) is 2.68. The van der Waals surface area contributed by atoms with Crippen LogP contribution in [0.3, 0.4) is 0 Å². The summed E-state index contributed by atoms with van der Waals surface area (Å²) in [5, 5.41) is 9.47. The highest BCUT2D eigenvalue weighted by molar-refractivity contribution is 6.02. The summed E-state index contributed by atoms with van der Waals surface area (Å²) in [5.41, 5.74) is 1.85. The van der Waals surface area contributed by atoms with Crippen molar-refractivity contribution in [2.24, 2.45) is 10.9 Å². The second-order valence-corrected chi connectivity index (χ2v) is 5.53. The zero-order valence-electron chi connectivity index (χ0n) is 11.6. The molecule has 106 valence electrons. The highest BCUT2D eigenvalue weighted by Gasteiger charge is 2.26. The zero-order chi connectivity index (χ0) is 13.9. The molecule has 1 saturated heterocycles. The maximum absolute atomic E-state index is 12.2. The molecule has 1 fully saturated rings. The predicted octanol–water partition coefficient (Wildman–Crippen LogP) is 0.973. The van der Waals surface area contributed by atoms with Crippen LogP contribution in [0.25, 0.3) is 0 Å². The van der Waals surface area contributed by atoms with Gasteiger partial charge in [-0.1, -0.05) is 19.1 Å². The Kier molecular flexibility index (Phi) is 3.69. The lowest BCUT2D eigenvalue weighted by molar-refractivity contribution is -0.117. The summed E-state index contributed by atoms with van der Waals surface area (Å²) in [5.74, 6) is 1.52. The number of rotatable bonds is 3. The zero-order valence-corrected chi connectivity index (χ0v) is 11.6. The molecule has 2 aliphatic rings. The Balaban J connectivity index is 1.68. The lowest BCUT2D eigenvalue weighted by Crippen LogP contribution is -2.35. The average Bonchev–Trinajstić information content (AvgIpc) is 3.10. The number of anilines is 1. The summed E-state index contributed by atoms with van der Waals surface area (Å²) in [4.78, 5) is 16.6. The Labute approximate surface area is 118 Å². The molecule has 0 bridgehead atoms. The molecule has 0 spiro atoms. The Morgan fingerprint density at radius 2 is 2.35 bits per heavy atom. The number of amidine groups is 1. The van der Waals surface area contributed by atoms with E-state index in [0.717, 1.165) is 43.1 Å². The van der Waals surface area contributed by atoms with Gasteiger partial charge in [0.15, 0.2) is 0 Å². The SMILES string of the molecule is CC1CNC(C(=O)Nc2cccc(C3=NCCN3)c2)C1. The number of benzene rings is 1. The van der Waals surface area contributed by atoms with Crippen LogP contribution >= 0.6 is 0 Å². The van der Waals surface area contributed by atoms with Gasteiger partial charge in [-0.3, -0.25) is 9.79 Å². The minimum atomic E-state index is -0.0735. The number of hydrogen-bond donors (Lipinski definition) is 3. The number of nitrogens with one attached hydrogen (secondary N) is 3. The summed E-state index contributed by atoms with van der Waals surface area (Å²) in [6.45, 7) is 4.77. The second-order valence-electron chi connectivity index (χ2n) is 5.53. The van der Waals surface area contributed by atoms with Crippen molar-refractivity contribution in [2.45, 2.75) is 19.4 Å². The van der Waals surface area contributed by atoms with E-state index < -0.39 is 0 Å². The smallest absolute Gasteiger partial charge is 0.241 e. The normalized spacial score (nSPS) is 25.1. The van der Waals surface area contributed by atoms with Crippen LogP contribution in [-0.2, 0) is 4.79 Å². The van der Waals surface area contributed by atoms with Gasteiger partial charge in [-0.2, -0.15) is 0 Å². The lowest BCUT2D eigenvalue weighted by Gasteiger charge is -2.12. The summed E-state index contributed by atoms with van der Waals surface area (Å²) in [7, 11) is 0. The van der Waals surface area contributed by atoms with Gasteiger partial charge in [0.1, 0.15) is 5.84 Å². The first-order chi connectivity index (χ1) is 9.72. The largest absolute Gasteiger partial charge is 0.368 e. The Hall–Kier alpha value is -1.88. The van der Waals surface area contributed by atoms with E-state index in [-0.39, 0.29) is 11.9 Å². The Morgan fingerprint density at radius 1 is 1.45 bits per heavy atom. The van der Waals surface area contributed by atoms with Crippen LogP contribution in [0.2, 0.25) is 0 Å². The molecule has 1 amide bonds. The summed E-state index contributed by atoms with van der Waals surface area (Å²) in [6, 6.07) is 7.75. The fraction of sp³-hybridized carbons (Fsp3) is 0.467. The van der Waals surface area contributed by atoms with Crippen LogP contribution in [0.1, 0.15) is 18.9 Å². The van der Waals surface area contributed by atoms with Crippen molar-refractivity contribution in [3.05, 3.63) is 29.8 Å². The molecule has 5 heteroatoms. The number of amides is 1. The van der Waals surface area contributed by atoms with Crippen molar-refractivity contribution in [3.63, 3.8) is 0 Å². The number of hydrogen-bond acceptors (Lipinski definition) is 4. The molecule has 2 atom stereocenters. The van der Waals surface area contributed by atoms with Gasteiger partial charge < -0.3 is 16.0 Å². The monoisotopic (exact) mass is 272 g/mol. The van der Waals surface area contributed by atoms with E-state index in [9.17, 15) is 4.79 Å². The third-order valence-corrected chi connectivity index (χ3v) is 3.74. The van der Waals surface area contributed by atoms with E-state index in [2.05, 4.69) is 27.9 Å². The number of nitrogens with zero attached hydrogens (tertiary/aromatic N) is 1. The first kappa shape index (κ1) is 13.1. The molecular weight excluding hydrogens is 252 g/mol. The molecule has 5 nitrogen and oxygen atoms in total. The third kappa shape index (κ3) is 2.82. The van der Waals surface area contributed by atoms with E-state index in [0.29, 0.717) is 5.92 Å². The molecular formula is C15H20N4O. The van der Waals surface area contributed by atoms with Crippen LogP contribution < -0.4 is 16.0 Å². The van der Waals surface area contributed by atoms with Gasteiger partial charge in [-0.05, 0) is 31.0 Å². The summed E-state index contributed by atoms with van der Waals surface area (Å²) < 4.78 is 0. The van der Waals surface area contributed by atoms with Crippen LogP contribution in [0, 0.1) is 5.92 Å². The maximum Gasteiger partial charge on any atom is 0.241 e. The standard InChI is InChI=1S/C15H20N4O/c1-10-7-13(18-9-10)15(20)19-12-4-2-3-11(8-12)14-16-5-6-17-14/h2-4,8,10,13,18H,5-7,9H2,1H3,(H,16,17)(H,19,20). The molecule has 2 aliphatic heterocycles. The molecule has 3 N–H and O–H groups in total. The van der Waals surface area contributed by atoms with Gasteiger partial charge in [0.2, 0.25) is 5.91 Å². The molecule has 2 unspecified atom stereocenters. The quantitative estimate of drug-likeness (QED) is 0.768. The van der Waals surface area contributed by atoms with Crippen molar-refractivity contribution in [1.82, 2.24) is 10.6 Å². The fourth-order valence-corrected chi connectivity index (χ4v) is 2.68. The van der Waals surface area contributed by atoms with Crippen molar-refractivity contribution in [1.29, 1.82) is 0 Å². The topological polar surface area (TPSA) is 65.5 Å². The lowest BCUT2D eigenvalue weighted by atomic mass is 10.1. The number of aliphatic imine (C=N–C) groups is 1. The molecule has 1 aromatic carbocycles. The molecule has 3 rings (SSSR count). The highest BCUT2D eigenvalue weighted by Crippen LogP contribution is 2.16. The summed E-state index contributed by atoms with van der Waals surface area (Å²) in [6.07, 6.45) is 0.903. The second kappa shape index (κ2) is 5.63. The minimum absolute atomic E-state index is 0.0489. The van der Waals surface area contributed by atoms with Crippen molar-refractivity contribution < 1.29 is 4.79 Å². The number of carbonyl (C=O) groups is 1. The van der Waals surface area contributed by atoms with E-state index in [1.165, 1.54) is 0 Å². The van der Waals surface area contributed by atoms with Crippen LogP contribution in [-0.4, -0.2) is 37.4 Å². The van der Waals surface area contributed by atoms with Crippen molar-refractivity contribution in [3.8, 4) is 0 Å². The van der Waals surface area contributed by atoms with Crippen molar-refractivity contribution in [2.75, 3.05) is 25.0 Å². The van der Waals surface area contributed by atoms with E-state index in [1.54, 1.807) is 0 Å². The molecule has 0 radical (unpaired) electrons. The Morgan fingerprint density at radius 3 is 3.05 bits per heavy atom. The molecule has 2 heterocycles. The first-order valence-electron chi connectivity index (χ1n) is 7.15. The van der Waals surface area contributed by atoms with E-state index in [1.807, 2.05) is 24.3 Å². The van der Waals surface area contributed by atoms with Gasteiger partial charge in [0.25, 0.3) is 0 Å². The maximum atomic E-state index is 12.2. The highest BCUT2D eigenvalue weighted by atomic mass is 16.2.